The van der Waals surface area contributed by atoms with Crippen LogP contribution in [0.5, 0.6) is 0 Å². The molecule has 2 amide bonds. The molecule has 1 fully saturated rings. The van der Waals surface area contributed by atoms with Crippen molar-refractivity contribution in [2.45, 2.75) is 51.1 Å². The number of rotatable bonds is 4. The van der Waals surface area contributed by atoms with Gasteiger partial charge < -0.3 is 10.6 Å². The maximum absolute atomic E-state index is 11.3. The molecule has 0 aromatic rings. The molecule has 16 heavy (non-hydrogen) atoms. The molecule has 1 aliphatic carbocycles. The fourth-order valence-corrected chi connectivity index (χ4v) is 2.21. The third-order valence-corrected chi connectivity index (χ3v) is 3.36. The first-order chi connectivity index (χ1) is 7.65. The third-order valence-electron chi connectivity index (χ3n) is 2.85. The molecule has 0 unspecified atom stereocenters. The van der Waals surface area contributed by atoms with Crippen molar-refractivity contribution >= 4 is 27.7 Å². The van der Waals surface area contributed by atoms with Crippen LogP contribution in [-0.2, 0) is 9.59 Å². The van der Waals surface area contributed by atoms with Crippen LogP contribution in [-0.4, -0.2) is 29.2 Å². The van der Waals surface area contributed by atoms with E-state index < -0.39 is 0 Å². The molecule has 5 heteroatoms. The summed E-state index contributed by atoms with van der Waals surface area (Å²) in [4.78, 5) is 22.5. The van der Waals surface area contributed by atoms with E-state index in [0.717, 1.165) is 25.7 Å². The third kappa shape index (κ3) is 4.51. The summed E-state index contributed by atoms with van der Waals surface area (Å²) in [6.07, 6.45) is 4.46. The van der Waals surface area contributed by atoms with Gasteiger partial charge in [0, 0.05) is 18.5 Å². The van der Waals surface area contributed by atoms with Gasteiger partial charge in [0.15, 0.2) is 0 Å². The standard InChI is InChI=1S/C11H19BrN2O2/c1-2-10(15)13-8-4-3-5-9(6-8)14-11(16)7-12/h8-9H,2-7H2,1H3,(H,13,15)(H,14,16)/t8-,9+/m1/s1. The Labute approximate surface area is 105 Å². The van der Waals surface area contributed by atoms with Crippen LogP contribution in [0.1, 0.15) is 39.0 Å². The molecule has 0 saturated heterocycles. The van der Waals surface area contributed by atoms with Crippen molar-refractivity contribution in [1.29, 1.82) is 0 Å². The van der Waals surface area contributed by atoms with Crippen molar-refractivity contribution in [3.8, 4) is 0 Å². The molecule has 2 atom stereocenters. The van der Waals surface area contributed by atoms with E-state index in [-0.39, 0.29) is 23.9 Å². The van der Waals surface area contributed by atoms with E-state index in [1.165, 1.54) is 0 Å². The normalized spacial score (nSPS) is 24.9. The summed E-state index contributed by atoms with van der Waals surface area (Å²) >= 11 is 3.13. The molecule has 0 aromatic heterocycles. The van der Waals surface area contributed by atoms with E-state index in [4.69, 9.17) is 0 Å². The van der Waals surface area contributed by atoms with Gasteiger partial charge in [0.1, 0.15) is 0 Å². The average Bonchev–Trinajstić information content (AvgIpc) is 2.29. The van der Waals surface area contributed by atoms with Crippen LogP contribution in [0.25, 0.3) is 0 Å². The Bertz CT molecular complexity index is 234. The van der Waals surface area contributed by atoms with Crippen molar-refractivity contribution in [3.63, 3.8) is 0 Å². The second-order valence-electron chi connectivity index (χ2n) is 4.18. The smallest absolute Gasteiger partial charge is 0.230 e. The molecule has 1 rings (SSSR count). The van der Waals surface area contributed by atoms with Gasteiger partial charge >= 0.3 is 0 Å². The zero-order chi connectivity index (χ0) is 12.0. The molecule has 0 heterocycles. The first kappa shape index (κ1) is 13.5. The lowest BCUT2D eigenvalue weighted by molar-refractivity contribution is -0.121. The van der Waals surface area contributed by atoms with Gasteiger partial charge in [0.2, 0.25) is 11.8 Å². The molecule has 0 spiro atoms. The Morgan fingerprint density at radius 3 is 2.25 bits per heavy atom. The van der Waals surface area contributed by atoms with Crippen LogP contribution in [0.2, 0.25) is 0 Å². The van der Waals surface area contributed by atoms with Crippen molar-refractivity contribution in [2.24, 2.45) is 0 Å². The van der Waals surface area contributed by atoms with E-state index in [2.05, 4.69) is 26.6 Å². The van der Waals surface area contributed by atoms with E-state index in [1.54, 1.807) is 0 Å². The number of nitrogens with one attached hydrogen (secondary N) is 2. The lowest BCUT2D eigenvalue weighted by Crippen LogP contribution is -2.45. The van der Waals surface area contributed by atoms with Crippen molar-refractivity contribution < 1.29 is 9.59 Å². The Balaban J connectivity index is 2.35. The zero-order valence-electron chi connectivity index (χ0n) is 9.59. The number of alkyl halides is 1. The summed E-state index contributed by atoms with van der Waals surface area (Å²) in [6, 6.07) is 0.433. The van der Waals surface area contributed by atoms with E-state index in [9.17, 15) is 9.59 Å². The highest BCUT2D eigenvalue weighted by atomic mass is 79.9. The van der Waals surface area contributed by atoms with Gasteiger partial charge in [-0.3, -0.25) is 9.59 Å². The average molecular weight is 291 g/mol. The minimum Gasteiger partial charge on any atom is -0.353 e. The molecule has 0 radical (unpaired) electrons. The van der Waals surface area contributed by atoms with E-state index in [1.807, 2.05) is 6.92 Å². The maximum atomic E-state index is 11.3. The number of halogens is 1. The van der Waals surface area contributed by atoms with Gasteiger partial charge in [-0.2, -0.15) is 0 Å². The summed E-state index contributed by atoms with van der Waals surface area (Å²) in [6.45, 7) is 1.85. The fourth-order valence-electron chi connectivity index (χ4n) is 2.05. The Morgan fingerprint density at radius 2 is 1.75 bits per heavy atom. The van der Waals surface area contributed by atoms with Crippen molar-refractivity contribution in [1.82, 2.24) is 10.6 Å². The highest BCUT2D eigenvalue weighted by molar-refractivity contribution is 9.09. The SMILES string of the molecule is CCC(=O)N[C@@H]1CCC[C@H](NC(=O)CBr)C1. The second kappa shape index (κ2) is 6.89. The molecule has 0 aromatic carbocycles. The highest BCUT2D eigenvalue weighted by Gasteiger charge is 2.23. The Kier molecular flexibility index (Phi) is 5.80. The molecule has 92 valence electrons. The van der Waals surface area contributed by atoms with Gasteiger partial charge in [-0.1, -0.05) is 22.9 Å². The summed E-state index contributed by atoms with van der Waals surface area (Å²) in [5.74, 6) is 0.116. The van der Waals surface area contributed by atoms with E-state index >= 15 is 0 Å². The minimum absolute atomic E-state index is 0.0208. The molecule has 4 nitrogen and oxygen atoms in total. The fraction of sp³-hybridized carbons (Fsp3) is 0.818. The van der Waals surface area contributed by atoms with Crippen LogP contribution in [0, 0.1) is 0 Å². The second-order valence-corrected chi connectivity index (χ2v) is 4.74. The molecule has 2 N–H and O–H groups in total. The maximum Gasteiger partial charge on any atom is 0.230 e. The molecule has 0 bridgehead atoms. The molecule has 0 aliphatic heterocycles. The van der Waals surface area contributed by atoms with Gasteiger partial charge in [-0.15, -0.1) is 0 Å². The first-order valence-electron chi connectivity index (χ1n) is 5.80. The topological polar surface area (TPSA) is 58.2 Å². The number of carbonyl (C=O) groups is 2. The lowest BCUT2D eigenvalue weighted by Gasteiger charge is -2.30. The van der Waals surface area contributed by atoms with Crippen molar-refractivity contribution in [2.75, 3.05) is 5.33 Å². The van der Waals surface area contributed by atoms with Gasteiger partial charge in [-0.05, 0) is 25.7 Å². The summed E-state index contributed by atoms with van der Waals surface area (Å²) in [7, 11) is 0. The largest absolute Gasteiger partial charge is 0.353 e. The molecule has 1 aliphatic rings. The predicted molar refractivity (Wildman–Crippen MR) is 66.4 cm³/mol. The molecular weight excluding hydrogens is 272 g/mol. The molecular formula is C11H19BrN2O2. The summed E-state index contributed by atoms with van der Waals surface area (Å²) in [5.41, 5.74) is 0. The quantitative estimate of drug-likeness (QED) is 0.768. The zero-order valence-corrected chi connectivity index (χ0v) is 11.2. The number of hydrogen-bond acceptors (Lipinski definition) is 2. The van der Waals surface area contributed by atoms with Gasteiger partial charge in [-0.25, -0.2) is 0 Å². The number of carbonyl (C=O) groups excluding carboxylic acids is 2. The predicted octanol–water partition coefficient (Wildman–Crippen LogP) is 1.33. The van der Waals surface area contributed by atoms with Gasteiger partial charge in [0.25, 0.3) is 0 Å². The highest BCUT2D eigenvalue weighted by Crippen LogP contribution is 2.18. The number of amides is 2. The number of hydrogen-bond donors (Lipinski definition) is 2. The molecule has 1 saturated carbocycles. The summed E-state index contributed by atoms with van der Waals surface area (Å²) in [5, 5.41) is 6.28. The van der Waals surface area contributed by atoms with Crippen LogP contribution in [0.3, 0.4) is 0 Å². The van der Waals surface area contributed by atoms with Crippen LogP contribution in [0.4, 0.5) is 0 Å². The van der Waals surface area contributed by atoms with Crippen LogP contribution < -0.4 is 10.6 Å². The minimum atomic E-state index is 0.0208. The first-order valence-corrected chi connectivity index (χ1v) is 6.92. The summed E-state index contributed by atoms with van der Waals surface area (Å²) < 4.78 is 0. The Hall–Kier alpha value is -0.580. The van der Waals surface area contributed by atoms with Crippen LogP contribution in [0.15, 0.2) is 0 Å². The van der Waals surface area contributed by atoms with Crippen LogP contribution >= 0.6 is 15.9 Å². The monoisotopic (exact) mass is 290 g/mol. The van der Waals surface area contributed by atoms with E-state index in [0.29, 0.717) is 11.8 Å². The lowest BCUT2D eigenvalue weighted by atomic mass is 9.91. The Morgan fingerprint density at radius 1 is 1.19 bits per heavy atom. The van der Waals surface area contributed by atoms with Gasteiger partial charge in [0.05, 0.1) is 5.33 Å². The van der Waals surface area contributed by atoms with Crippen molar-refractivity contribution in [3.05, 3.63) is 0 Å².